The molecule has 1 fully saturated rings. The van der Waals surface area contributed by atoms with Gasteiger partial charge in [-0.15, -0.1) is 0 Å². The molecule has 0 aromatic heterocycles. The van der Waals surface area contributed by atoms with Gasteiger partial charge in [0.2, 0.25) is 0 Å². The van der Waals surface area contributed by atoms with Gasteiger partial charge in [0.25, 0.3) is 5.69 Å². The van der Waals surface area contributed by atoms with Gasteiger partial charge in [-0.25, -0.2) is 0 Å². The lowest BCUT2D eigenvalue weighted by atomic mass is 10.2. The molecule has 1 aromatic rings. The number of hydrogen-bond donors (Lipinski definition) is 2. The highest BCUT2D eigenvalue weighted by Gasteiger charge is 2.24. The van der Waals surface area contributed by atoms with Gasteiger partial charge in [0.05, 0.1) is 4.92 Å². The molecule has 2 unspecified atom stereocenters. The summed E-state index contributed by atoms with van der Waals surface area (Å²) in [5, 5.41) is 18.1. The van der Waals surface area contributed by atoms with Crippen LogP contribution in [0.1, 0.15) is 24.8 Å². The molecule has 6 nitrogen and oxygen atoms in total. The van der Waals surface area contributed by atoms with Gasteiger partial charge in [0, 0.05) is 37.0 Å². The minimum atomic E-state index is -0.389. The monoisotopic (exact) mass is 322 g/mol. The molecule has 1 aromatic carbocycles. The van der Waals surface area contributed by atoms with Gasteiger partial charge in [0.15, 0.2) is 5.96 Å². The third-order valence-corrected chi connectivity index (χ3v) is 4.98. The van der Waals surface area contributed by atoms with Crippen molar-refractivity contribution in [3.8, 4) is 0 Å². The van der Waals surface area contributed by atoms with Crippen LogP contribution >= 0.6 is 11.8 Å². The SMILES string of the molecule is CN=C(NCc1ccc([N+](=O)[O-])cc1)NC1CCC(SC)C1. The third kappa shape index (κ3) is 4.62. The summed E-state index contributed by atoms with van der Waals surface area (Å²) >= 11 is 1.93. The van der Waals surface area contributed by atoms with Crippen LogP contribution in [0.3, 0.4) is 0 Å². The van der Waals surface area contributed by atoms with E-state index in [4.69, 9.17) is 0 Å². The van der Waals surface area contributed by atoms with Crippen LogP contribution in [0.4, 0.5) is 5.69 Å². The molecule has 2 N–H and O–H groups in total. The fraction of sp³-hybridized carbons (Fsp3) is 0.533. The van der Waals surface area contributed by atoms with E-state index in [9.17, 15) is 10.1 Å². The highest BCUT2D eigenvalue weighted by Crippen LogP contribution is 2.28. The van der Waals surface area contributed by atoms with Crippen molar-refractivity contribution in [2.45, 2.75) is 37.1 Å². The molecule has 1 saturated carbocycles. The second kappa shape index (κ2) is 8.03. The van der Waals surface area contributed by atoms with Gasteiger partial charge >= 0.3 is 0 Å². The van der Waals surface area contributed by atoms with Crippen molar-refractivity contribution in [3.05, 3.63) is 39.9 Å². The third-order valence-electron chi connectivity index (χ3n) is 3.89. The van der Waals surface area contributed by atoms with Crippen LogP contribution in [0.5, 0.6) is 0 Å². The first-order valence-corrected chi connectivity index (χ1v) is 8.64. The molecule has 0 radical (unpaired) electrons. The molecule has 2 rings (SSSR count). The standard InChI is InChI=1S/C15H22N4O2S/c1-16-15(18-12-5-8-14(9-12)22-2)17-10-11-3-6-13(7-4-11)19(20)21/h3-4,6-7,12,14H,5,8-10H2,1-2H3,(H2,16,17,18). The maximum absolute atomic E-state index is 10.6. The molecule has 120 valence electrons. The van der Waals surface area contributed by atoms with Crippen LogP contribution in [-0.4, -0.2) is 35.5 Å². The number of guanidine groups is 1. The van der Waals surface area contributed by atoms with Gasteiger partial charge in [-0.2, -0.15) is 11.8 Å². The molecule has 0 heterocycles. The van der Waals surface area contributed by atoms with Gasteiger partial charge in [-0.3, -0.25) is 15.1 Å². The van der Waals surface area contributed by atoms with Gasteiger partial charge in [0.1, 0.15) is 0 Å². The second-order valence-corrected chi connectivity index (χ2v) is 6.50. The molecule has 0 saturated heterocycles. The molecule has 0 amide bonds. The summed E-state index contributed by atoms with van der Waals surface area (Å²) in [6, 6.07) is 7.04. The normalized spacial score (nSPS) is 21.6. The average molecular weight is 322 g/mol. The van der Waals surface area contributed by atoms with E-state index in [2.05, 4.69) is 21.9 Å². The van der Waals surface area contributed by atoms with Gasteiger partial charge in [-0.05, 0) is 31.1 Å². The summed E-state index contributed by atoms with van der Waals surface area (Å²) in [4.78, 5) is 14.5. The number of non-ortho nitro benzene ring substituents is 1. The van der Waals surface area contributed by atoms with E-state index in [0.29, 0.717) is 12.6 Å². The Morgan fingerprint density at radius 2 is 2.14 bits per heavy atom. The van der Waals surface area contributed by atoms with Crippen molar-refractivity contribution in [1.82, 2.24) is 10.6 Å². The molecule has 0 spiro atoms. The molecule has 1 aliphatic carbocycles. The number of nitrogens with one attached hydrogen (secondary N) is 2. The van der Waals surface area contributed by atoms with E-state index in [-0.39, 0.29) is 10.6 Å². The van der Waals surface area contributed by atoms with E-state index >= 15 is 0 Å². The fourth-order valence-corrected chi connectivity index (χ4v) is 3.39. The van der Waals surface area contributed by atoms with E-state index in [1.165, 1.54) is 31.4 Å². The number of thioether (sulfide) groups is 1. The van der Waals surface area contributed by atoms with Crippen molar-refractivity contribution in [3.63, 3.8) is 0 Å². The lowest BCUT2D eigenvalue weighted by Crippen LogP contribution is -2.42. The van der Waals surface area contributed by atoms with Crippen LogP contribution in [0, 0.1) is 10.1 Å². The highest BCUT2D eigenvalue weighted by atomic mass is 32.2. The molecule has 0 aliphatic heterocycles. The number of aliphatic imine (C=N–C) groups is 1. The Labute approximate surface area is 134 Å². The highest BCUT2D eigenvalue weighted by molar-refractivity contribution is 7.99. The van der Waals surface area contributed by atoms with Gasteiger partial charge in [-0.1, -0.05) is 12.1 Å². The average Bonchev–Trinajstić information content (AvgIpc) is 2.99. The summed E-state index contributed by atoms with van der Waals surface area (Å²) in [6.45, 7) is 0.594. The van der Waals surface area contributed by atoms with Gasteiger partial charge < -0.3 is 10.6 Å². The Bertz CT molecular complexity index is 533. The van der Waals surface area contributed by atoms with E-state index in [0.717, 1.165) is 16.8 Å². The van der Waals surface area contributed by atoms with E-state index in [1.54, 1.807) is 19.2 Å². The molecule has 2 atom stereocenters. The fourth-order valence-electron chi connectivity index (χ4n) is 2.59. The summed E-state index contributed by atoms with van der Waals surface area (Å²) in [7, 11) is 1.76. The molecular formula is C15H22N4O2S. The van der Waals surface area contributed by atoms with Crippen LogP contribution < -0.4 is 10.6 Å². The second-order valence-electron chi connectivity index (χ2n) is 5.36. The Hall–Kier alpha value is -1.76. The van der Waals surface area contributed by atoms with E-state index in [1.807, 2.05) is 11.8 Å². The zero-order valence-electron chi connectivity index (χ0n) is 12.9. The number of benzene rings is 1. The van der Waals surface area contributed by atoms with Crippen LogP contribution in [-0.2, 0) is 6.54 Å². The van der Waals surface area contributed by atoms with Crippen LogP contribution in [0.15, 0.2) is 29.3 Å². The minimum absolute atomic E-state index is 0.111. The molecule has 22 heavy (non-hydrogen) atoms. The van der Waals surface area contributed by atoms with Crippen LogP contribution in [0.25, 0.3) is 0 Å². The first-order chi connectivity index (χ1) is 10.6. The summed E-state index contributed by atoms with van der Waals surface area (Å²) in [6.07, 6.45) is 5.75. The molecule has 7 heteroatoms. The first-order valence-electron chi connectivity index (χ1n) is 7.35. The van der Waals surface area contributed by atoms with Crippen molar-refractivity contribution in [2.24, 2.45) is 4.99 Å². The maximum atomic E-state index is 10.6. The predicted octanol–water partition coefficient (Wildman–Crippen LogP) is 2.54. The molecule has 0 bridgehead atoms. The Kier molecular flexibility index (Phi) is 6.06. The number of hydrogen-bond acceptors (Lipinski definition) is 4. The topological polar surface area (TPSA) is 79.6 Å². The van der Waals surface area contributed by atoms with Crippen molar-refractivity contribution in [2.75, 3.05) is 13.3 Å². The number of nitro benzene ring substituents is 1. The smallest absolute Gasteiger partial charge is 0.269 e. The van der Waals surface area contributed by atoms with Crippen molar-refractivity contribution < 1.29 is 4.92 Å². The lowest BCUT2D eigenvalue weighted by Gasteiger charge is -2.17. The first kappa shape index (κ1) is 16.6. The zero-order chi connectivity index (χ0) is 15.9. The minimum Gasteiger partial charge on any atom is -0.354 e. The number of nitro groups is 1. The lowest BCUT2D eigenvalue weighted by molar-refractivity contribution is -0.384. The summed E-state index contributed by atoms with van der Waals surface area (Å²) in [5.41, 5.74) is 1.10. The number of nitrogens with zero attached hydrogens (tertiary/aromatic N) is 2. The zero-order valence-corrected chi connectivity index (χ0v) is 13.7. The maximum Gasteiger partial charge on any atom is 0.269 e. The number of rotatable bonds is 5. The van der Waals surface area contributed by atoms with Crippen molar-refractivity contribution in [1.29, 1.82) is 0 Å². The molecule has 1 aliphatic rings. The largest absolute Gasteiger partial charge is 0.354 e. The van der Waals surface area contributed by atoms with E-state index < -0.39 is 0 Å². The summed E-state index contributed by atoms with van der Waals surface area (Å²) < 4.78 is 0. The van der Waals surface area contributed by atoms with Crippen molar-refractivity contribution >= 4 is 23.4 Å². The Morgan fingerprint density at radius 3 is 2.68 bits per heavy atom. The predicted molar refractivity (Wildman–Crippen MR) is 91.4 cm³/mol. The molecular weight excluding hydrogens is 300 g/mol. The Balaban J connectivity index is 1.82. The summed E-state index contributed by atoms with van der Waals surface area (Å²) in [5.74, 6) is 0.783. The Morgan fingerprint density at radius 1 is 1.41 bits per heavy atom. The van der Waals surface area contributed by atoms with Crippen LogP contribution in [0.2, 0.25) is 0 Å². The quantitative estimate of drug-likeness (QED) is 0.377.